The zero-order valence-electron chi connectivity index (χ0n) is 19.8. The van der Waals surface area contributed by atoms with Crippen LogP contribution in [0.15, 0.2) is 0 Å². The van der Waals surface area contributed by atoms with Gasteiger partial charge in [-0.3, -0.25) is 4.79 Å². The van der Waals surface area contributed by atoms with Crippen LogP contribution < -0.4 is 5.32 Å². The van der Waals surface area contributed by atoms with Crippen molar-refractivity contribution >= 4 is 11.9 Å². The molecule has 3 aliphatic heterocycles. The Hall–Kier alpha value is -1.58. The lowest BCUT2D eigenvalue weighted by Gasteiger charge is -2.47. The van der Waals surface area contributed by atoms with E-state index in [1.54, 1.807) is 0 Å². The van der Waals surface area contributed by atoms with E-state index in [0.717, 1.165) is 6.92 Å². The number of hydrogen-bond donors (Lipinski definition) is 10. The van der Waals surface area contributed by atoms with Crippen molar-refractivity contribution in [3.8, 4) is 0 Å². The molecule has 0 saturated carbocycles. The fourth-order valence-corrected chi connectivity index (χ4v) is 4.37. The van der Waals surface area contributed by atoms with Crippen LogP contribution in [0.3, 0.4) is 0 Å². The maximum Gasteiger partial charge on any atom is 0.335 e. The predicted octanol–water partition coefficient (Wildman–Crippen LogP) is -6.31. The first-order valence-corrected chi connectivity index (χ1v) is 11.4. The standard InChI is InChI=1S/C20H33NO16/c1-4-8(24)10(26)12(28)19(33-4)36-15-11(27)13(29)20(37-16(15)17(30)31)35-14-7(21-5(2)23)18(32)34-6(3-22)9(14)25/h4,6-16,18-20,22,24-29,32H,3H2,1-2H3,(H,21,23)(H,30,31)/t4-,6+,7+,8-,9+,10+,11+,12+,13+,14+,15+,16-,18+,19-,20-/m0/s1. The average molecular weight is 543 g/mol. The summed E-state index contributed by atoms with van der Waals surface area (Å²) in [5.74, 6) is -2.38. The summed E-state index contributed by atoms with van der Waals surface area (Å²) in [5.41, 5.74) is 0. The van der Waals surface area contributed by atoms with Gasteiger partial charge in [0.25, 0.3) is 0 Å². The van der Waals surface area contributed by atoms with Crippen molar-refractivity contribution in [2.24, 2.45) is 0 Å². The third-order valence-corrected chi connectivity index (χ3v) is 6.42. The number of carboxylic acids is 1. The number of aliphatic hydroxyl groups is 8. The third-order valence-electron chi connectivity index (χ3n) is 6.42. The summed E-state index contributed by atoms with van der Waals surface area (Å²) < 4.78 is 26.5. The molecule has 3 heterocycles. The summed E-state index contributed by atoms with van der Waals surface area (Å²) in [4.78, 5) is 23.5. The zero-order chi connectivity index (χ0) is 27.8. The molecule has 0 spiro atoms. The van der Waals surface area contributed by atoms with Gasteiger partial charge in [-0.15, -0.1) is 0 Å². The number of ether oxygens (including phenoxy) is 5. The number of aliphatic carboxylic acids is 1. The average Bonchev–Trinajstić information content (AvgIpc) is 2.83. The number of carboxylic acid groups (broad SMARTS) is 1. The van der Waals surface area contributed by atoms with Gasteiger partial charge in [0.1, 0.15) is 61.0 Å². The molecule has 15 atom stereocenters. The Morgan fingerprint density at radius 2 is 1.35 bits per heavy atom. The van der Waals surface area contributed by atoms with E-state index in [1.165, 1.54) is 6.92 Å². The minimum absolute atomic E-state index is 0.675. The third kappa shape index (κ3) is 6.19. The number of rotatable bonds is 7. The molecule has 3 fully saturated rings. The monoisotopic (exact) mass is 543 g/mol. The smallest absolute Gasteiger partial charge is 0.335 e. The quantitative estimate of drug-likeness (QED) is 0.143. The highest BCUT2D eigenvalue weighted by Crippen LogP contribution is 2.32. The Balaban J connectivity index is 1.81. The Kier molecular flexibility index (Phi) is 9.78. The van der Waals surface area contributed by atoms with Crippen molar-refractivity contribution in [3.63, 3.8) is 0 Å². The lowest BCUT2D eigenvalue weighted by atomic mass is 9.95. The molecular weight excluding hydrogens is 510 g/mol. The van der Waals surface area contributed by atoms with E-state index < -0.39 is 111 Å². The van der Waals surface area contributed by atoms with Crippen LogP contribution >= 0.6 is 0 Å². The van der Waals surface area contributed by atoms with Gasteiger partial charge in [0.2, 0.25) is 5.91 Å². The van der Waals surface area contributed by atoms with Crippen LogP contribution in [-0.2, 0) is 33.3 Å². The van der Waals surface area contributed by atoms with E-state index in [2.05, 4.69) is 5.32 Å². The molecule has 17 nitrogen and oxygen atoms in total. The maximum atomic E-state index is 11.9. The molecule has 17 heteroatoms. The second-order valence-electron chi connectivity index (χ2n) is 9.09. The van der Waals surface area contributed by atoms with Gasteiger partial charge < -0.3 is 75.0 Å². The van der Waals surface area contributed by atoms with Gasteiger partial charge in [-0.25, -0.2) is 4.79 Å². The van der Waals surface area contributed by atoms with Crippen molar-refractivity contribution in [1.82, 2.24) is 5.32 Å². The molecule has 10 N–H and O–H groups in total. The minimum atomic E-state index is -2.07. The summed E-state index contributed by atoms with van der Waals surface area (Å²) in [6, 6.07) is -1.46. The second-order valence-corrected chi connectivity index (χ2v) is 9.09. The second kappa shape index (κ2) is 12.1. The van der Waals surface area contributed by atoms with Crippen LogP contribution in [0.25, 0.3) is 0 Å². The maximum absolute atomic E-state index is 11.9. The molecular formula is C20H33NO16. The fraction of sp³-hybridized carbons (Fsp3) is 0.900. The molecule has 0 radical (unpaired) electrons. The zero-order valence-corrected chi connectivity index (χ0v) is 19.8. The predicted molar refractivity (Wildman–Crippen MR) is 112 cm³/mol. The van der Waals surface area contributed by atoms with E-state index in [9.17, 15) is 55.5 Å². The minimum Gasteiger partial charge on any atom is -0.479 e. The van der Waals surface area contributed by atoms with Crippen molar-refractivity contribution in [2.75, 3.05) is 6.61 Å². The van der Waals surface area contributed by atoms with Crippen LogP contribution in [0.5, 0.6) is 0 Å². The summed E-state index contributed by atoms with van der Waals surface area (Å²) in [7, 11) is 0. The van der Waals surface area contributed by atoms with E-state index in [4.69, 9.17) is 23.7 Å². The highest BCUT2D eigenvalue weighted by Gasteiger charge is 2.55. The Labute approximate surface area is 209 Å². The first-order valence-electron chi connectivity index (χ1n) is 11.4. The topological polar surface area (TPSA) is 274 Å². The van der Waals surface area contributed by atoms with Crippen LogP contribution in [0, 0.1) is 0 Å². The van der Waals surface area contributed by atoms with Gasteiger partial charge in [-0.05, 0) is 6.92 Å². The molecule has 0 aromatic carbocycles. The van der Waals surface area contributed by atoms with Gasteiger partial charge in [0.05, 0.1) is 12.7 Å². The summed E-state index contributed by atoms with van der Waals surface area (Å²) in [5, 5.41) is 93.4. The normalized spacial score (nSPS) is 48.9. The lowest BCUT2D eigenvalue weighted by Crippen LogP contribution is -2.68. The van der Waals surface area contributed by atoms with E-state index in [-0.39, 0.29) is 0 Å². The SMILES string of the molecule is CC(=O)N[C@@H]1[C@@H](O[C@H]2O[C@H](C(=O)O)[C@H](O[C@@H]3O[C@@H](C)[C@H](O)[C@@H](O)[C@H]3O)[C@H](O)[C@H]2O)[C@H](O)[C@@H](CO)O[C@H]1O. The summed E-state index contributed by atoms with van der Waals surface area (Å²) >= 11 is 0. The van der Waals surface area contributed by atoms with Gasteiger partial charge in [0, 0.05) is 6.92 Å². The molecule has 0 aromatic rings. The summed E-state index contributed by atoms with van der Waals surface area (Å²) in [6.07, 6.45) is -24.4. The number of aliphatic hydroxyl groups excluding tert-OH is 8. The Morgan fingerprint density at radius 1 is 0.784 bits per heavy atom. The highest BCUT2D eigenvalue weighted by atomic mass is 16.7. The molecule has 3 rings (SSSR count). The Bertz CT molecular complexity index is 802. The molecule has 3 saturated heterocycles. The van der Waals surface area contributed by atoms with Gasteiger partial charge in [0.15, 0.2) is 25.0 Å². The lowest BCUT2D eigenvalue weighted by molar-refractivity contribution is -0.365. The molecule has 3 aliphatic rings. The first kappa shape index (κ1) is 30.0. The van der Waals surface area contributed by atoms with E-state index in [1.807, 2.05) is 0 Å². The number of carbonyl (C=O) groups is 2. The van der Waals surface area contributed by atoms with Crippen molar-refractivity contribution in [2.45, 2.75) is 106 Å². The van der Waals surface area contributed by atoms with E-state index in [0.29, 0.717) is 0 Å². The van der Waals surface area contributed by atoms with Crippen LogP contribution in [0.1, 0.15) is 13.8 Å². The molecule has 1 amide bonds. The van der Waals surface area contributed by atoms with Gasteiger partial charge in [-0.1, -0.05) is 0 Å². The van der Waals surface area contributed by atoms with Crippen LogP contribution in [0.4, 0.5) is 0 Å². The highest BCUT2D eigenvalue weighted by molar-refractivity contribution is 5.73. The van der Waals surface area contributed by atoms with Gasteiger partial charge in [-0.2, -0.15) is 0 Å². The van der Waals surface area contributed by atoms with Crippen LogP contribution in [-0.4, -0.2) is 156 Å². The largest absolute Gasteiger partial charge is 0.479 e. The van der Waals surface area contributed by atoms with Gasteiger partial charge >= 0.3 is 5.97 Å². The number of hydrogen-bond acceptors (Lipinski definition) is 15. The molecule has 0 aliphatic carbocycles. The summed E-state index contributed by atoms with van der Waals surface area (Å²) in [6.45, 7) is 1.65. The van der Waals surface area contributed by atoms with E-state index >= 15 is 0 Å². The number of amides is 1. The first-order chi connectivity index (χ1) is 17.3. The number of carbonyl (C=O) groups excluding carboxylic acids is 1. The fourth-order valence-electron chi connectivity index (χ4n) is 4.37. The Morgan fingerprint density at radius 3 is 1.92 bits per heavy atom. The van der Waals surface area contributed by atoms with Crippen molar-refractivity contribution in [3.05, 3.63) is 0 Å². The molecule has 214 valence electrons. The van der Waals surface area contributed by atoms with Crippen molar-refractivity contribution < 1.29 is 79.2 Å². The van der Waals surface area contributed by atoms with Crippen molar-refractivity contribution in [1.29, 1.82) is 0 Å². The molecule has 0 bridgehead atoms. The molecule has 0 aromatic heterocycles. The molecule has 37 heavy (non-hydrogen) atoms. The van der Waals surface area contributed by atoms with Crippen LogP contribution in [0.2, 0.25) is 0 Å². The molecule has 0 unspecified atom stereocenters. The number of nitrogens with one attached hydrogen (secondary N) is 1.